The van der Waals surface area contributed by atoms with Gasteiger partial charge in [0.25, 0.3) is 0 Å². The normalized spacial score (nSPS) is 24.4. The first-order valence-electron chi connectivity index (χ1n) is 16.5. The van der Waals surface area contributed by atoms with E-state index in [4.69, 9.17) is 53.2 Å². The zero-order chi connectivity index (χ0) is 33.4. The average molecular weight is 713 g/mol. The van der Waals surface area contributed by atoms with Crippen LogP contribution in [0, 0.1) is 0 Å². The molecule has 3 heterocycles. The zero-order valence-electron chi connectivity index (χ0n) is 29.2. The Morgan fingerprint density at radius 2 is 1.52 bits per heavy atom. The number of aliphatic hydroxyl groups is 1. The number of amides is 1. The lowest BCUT2D eigenvalue weighted by molar-refractivity contribution is -0.163. The number of nitrogens with zero attached hydrogens (tertiary/aromatic N) is 3. The summed E-state index contributed by atoms with van der Waals surface area (Å²) >= 11 is 10.9. The van der Waals surface area contributed by atoms with Gasteiger partial charge in [0.1, 0.15) is 10.6 Å². The predicted molar refractivity (Wildman–Crippen MR) is 192 cm³/mol. The minimum absolute atomic E-state index is 0. The fourth-order valence-electron chi connectivity index (χ4n) is 5.28. The molecule has 3 saturated heterocycles. The van der Waals surface area contributed by atoms with Gasteiger partial charge in [-0.2, -0.15) is 0 Å². The molecule has 0 saturated carbocycles. The van der Waals surface area contributed by atoms with E-state index in [-0.39, 0.29) is 55.7 Å². The third kappa shape index (κ3) is 16.5. The van der Waals surface area contributed by atoms with Crippen molar-refractivity contribution in [2.75, 3.05) is 74.3 Å². The Morgan fingerprint density at radius 3 is 2.09 bits per heavy atom. The van der Waals surface area contributed by atoms with E-state index < -0.39 is 5.60 Å². The number of hydrogen-bond donors (Lipinski definition) is 2. The molecule has 0 bridgehead atoms. The van der Waals surface area contributed by atoms with Gasteiger partial charge in [-0.3, -0.25) is 4.90 Å². The molecule has 0 aromatic carbocycles. The van der Waals surface area contributed by atoms with Gasteiger partial charge in [0, 0.05) is 74.2 Å². The highest BCUT2D eigenvalue weighted by Crippen LogP contribution is 2.25. The Morgan fingerprint density at radius 1 is 0.913 bits per heavy atom. The van der Waals surface area contributed by atoms with Crippen molar-refractivity contribution in [2.24, 2.45) is 0 Å². The van der Waals surface area contributed by atoms with E-state index in [0.717, 1.165) is 74.7 Å². The molecular formula is C32H61ClN4O7S2. The number of ether oxygens (including phenoxy) is 5. The maximum absolute atomic E-state index is 12.7. The maximum Gasteiger partial charge on any atom is 0.410 e. The monoisotopic (exact) mass is 712 g/mol. The van der Waals surface area contributed by atoms with Crippen LogP contribution in [0.1, 0.15) is 78.6 Å². The maximum atomic E-state index is 12.7. The molecule has 46 heavy (non-hydrogen) atoms. The van der Waals surface area contributed by atoms with E-state index in [0.29, 0.717) is 26.2 Å². The zero-order valence-corrected chi connectivity index (χ0v) is 31.6. The Kier molecular flexibility index (Phi) is 21.3. The molecule has 2 N–H and O–H groups in total. The highest BCUT2D eigenvalue weighted by Gasteiger charge is 2.40. The fraction of sp³-hybridized carbons (Fsp3) is 0.906. The Bertz CT molecular complexity index is 891. The van der Waals surface area contributed by atoms with Crippen molar-refractivity contribution in [1.29, 1.82) is 0 Å². The van der Waals surface area contributed by atoms with Crippen LogP contribution in [-0.2, 0) is 23.7 Å². The summed E-state index contributed by atoms with van der Waals surface area (Å²) < 4.78 is 28.7. The Labute approximate surface area is 294 Å². The van der Waals surface area contributed by atoms with Crippen LogP contribution in [0.2, 0.25) is 0 Å². The molecule has 0 radical (unpaired) electrons. The quantitative estimate of drug-likeness (QED) is 0.197. The van der Waals surface area contributed by atoms with E-state index in [1.54, 1.807) is 4.90 Å². The van der Waals surface area contributed by atoms with Crippen molar-refractivity contribution < 1.29 is 33.6 Å². The summed E-state index contributed by atoms with van der Waals surface area (Å²) in [5, 5.41) is 12.0. The molecular weight excluding hydrogens is 652 g/mol. The van der Waals surface area contributed by atoms with Crippen molar-refractivity contribution in [3.8, 4) is 0 Å². The van der Waals surface area contributed by atoms with Crippen LogP contribution in [0.5, 0.6) is 0 Å². The number of halogens is 1. The van der Waals surface area contributed by atoms with E-state index in [9.17, 15) is 4.79 Å². The number of likely N-dealkylation sites (N-methyl/N-ethyl adjacent to an activating group) is 2. The third-order valence-corrected chi connectivity index (χ3v) is 8.97. The third-order valence-electron chi connectivity index (χ3n) is 7.69. The number of likely N-dealkylation sites (tertiary alicyclic amines) is 1. The van der Waals surface area contributed by atoms with Crippen LogP contribution >= 0.6 is 36.8 Å². The number of carbonyl (C=O) groups is 1. The van der Waals surface area contributed by atoms with Crippen molar-refractivity contribution >= 4 is 52.9 Å². The lowest BCUT2D eigenvalue weighted by Crippen LogP contribution is -2.46. The molecule has 0 aliphatic carbocycles. The van der Waals surface area contributed by atoms with Crippen LogP contribution in [0.4, 0.5) is 4.79 Å². The first-order valence-corrected chi connectivity index (χ1v) is 17.4. The van der Waals surface area contributed by atoms with E-state index in [2.05, 4.69) is 5.32 Å². The number of aliphatic hydroxyl groups excluding tert-OH is 1. The van der Waals surface area contributed by atoms with Gasteiger partial charge in [0.15, 0.2) is 6.29 Å². The van der Waals surface area contributed by atoms with Gasteiger partial charge in [-0.15, -0.1) is 12.4 Å². The van der Waals surface area contributed by atoms with Gasteiger partial charge in [-0.05, 0) is 72.1 Å². The summed E-state index contributed by atoms with van der Waals surface area (Å²) in [5.41, 5.74) is -0.539. The van der Waals surface area contributed by atoms with Gasteiger partial charge in [-0.1, -0.05) is 24.4 Å². The van der Waals surface area contributed by atoms with Crippen molar-refractivity contribution in [1.82, 2.24) is 20.0 Å². The van der Waals surface area contributed by atoms with Crippen LogP contribution in [0.3, 0.4) is 0 Å². The number of unbranched alkanes of at least 4 members (excludes halogenated alkanes) is 2. The average Bonchev–Trinajstić information content (AvgIpc) is 3.64. The first kappa shape index (κ1) is 43.1. The number of rotatable bonds is 14. The number of carbonyl (C=O) groups excluding carboxylic acids is 1. The molecule has 3 fully saturated rings. The lowest BCUT2D eigenvalue weighted by atomic mass is 10.2. The molecule has 0 aromatic rings. The summed E-state index contributed by atoms with van der Waals surface area (Å²) in [6.07, 6.45) is 8.41. The van der Waals surface area contributed by atoms with Gasteiger partial charge >= 0.3 is 6.09 Å². The summed E-state index contributed by atoms with van der Waals surface area (Å²) in [6, 6.07) is 0.0967. The van der Waals surface area contributed by atoms with Gasteiger partial charge < -0.3 is 43.9 Å². The molecule has 0 spiro atoms. The summed E-state index contributed by atoms with van der Waals surface area (Å²) in [6.45, 7) is 10.1. The molecule has 3 rings (SSSR count). The molecule has 1 amide bonds. The van der Waals surface area contributed by atoms with Crippen molar-refractivity contribution in [3.63, 3.8) is 0 Å². The van der Waals surface area contributed by atoms with Crippen LogP contribution in [0.15, 0.2) is 0 Å². The van der Waals surface area contributed by atoms with E-state index >= 15 is 0 Å². The van der Waals surface area contributed by atoms with Crippen LogP contribution in [0.25, 0.3) is 0 Å². The second-order valence-corrected chi connectivity index (χ2v) is 14.2. The molecule has 1 unspecified atom stereocenters. The molecule has 11 nitrogen and oxygen atoms in total. The smallest absolute Gasteiger partial charge is 0.410 e. The minimum Gasteiger partial charge on any atom is -0.444 e. The standard InChI is InChI=1S/C21H38N2O5S.C11H22N2O2S.ClH/c1-21(2,3)28-20(24)23-15-16(14-17(23)19(29)22(4)5)25-11-8-9-13-27-18-10-6-7-12-26-18;1-13(2)11(16)10-7-9(8-12-10)15-6-4-3-5-14;/h16-18H,6-15H2,1-5H3;9-10,12,14H,3-8H2,1-2H3;1H/t16-,17+,18?;9-,10+;/m11./s1. The Hall–Kier alpha value is -0.900. The lowest BCUT2D eigenvalue weighted by Gasteiger charge is -2.30. The highest BCUT2D eigenvalue weighted by molar-refractivity contribution is 7.80. The molecule has 0 aromatic heterocycles. The molecule has 14 heteroatoms. The predicted octanol–water partition coefficient (Wildman–Crippen LogP) is 4.41. The molecule has 3 aliphatic rings. The number of hydrogen-bond acceptors (Lipinski definition) is 10. The summed E-state index contributed by atoms with van der Waals surface area (Å²) in [4.78, 5) is 19.9. The summed E-state index contributed by atoms with van der Waals surface area (Å²) in [5.74, 6) is 0. The van der Waals surface area contributed by atoms with Crippen LogP contribution < -0.4 is 5.32 Å². The molecule has 270 valence electrons. The summed E-state index contributed by atoms with van der Waals surface area (Å²) in [7, 11) is 7.75. The fourth-order valence-corrected chi connectivity index (χ4v) is 5.68. The van der Waals surface area contributed by atoms with Gasteiger partial charge in [-0.25, -0.2) is 4.79 Å². The van der Waals surface area contributed by atoms with Crippen molar-refractivity contribution in [3.05, 3.63) is 0 Å². The van der Waals surface area contributed by atoms with E-state index in [1.807, 2.05) is 58.8 Å². The second-order valence-electron chi connectivity index (χ2n) is 13.3. The second kappa shape index (κ2) is 22.7. The van der Waals surface area contributed by atoms with Gasteiger partial charge in [0.2, 0.25) is 0 Å². The molecule has 3 aliphatic heterocycles. The Balaban J connectivity index is 0.000000529. The highest BCUT2D eigenvalue weighted by atomic mass is 35.5. The number of nitrogens with one attached hydrogen (secondary N) is 1. The topological polar surface area (TPSA) is 105 Å². The molecule has 5 atom stereocenters. The first-order chi connectivity index (χ1) is 21.3. The number of thiocarbonyl (C=S) groups is 2. The van der Waals surface area contributed by atoms with Crippen LogP contribution in [-0.4, -0.2) is 146 Å². The van der Waals surface area contributed by atoms with Gasteiger partial charge in [0.05, 0.1) is 35.8 Å². The van der Waals surface area contributed by atoms with Crippen molar-refractivity contribution in [2.45, 2.75) is 115 Å². The largest absolute Gasteiger partial charge is 0.444 e. The van der Waals surface area contributed by atoms with E-state index in [1.165, 1.54) is 6.42 Å². The SMILES string of the molecule is CN(C)C(=S)[C@@H]1C[C@@H](OCCCCO)CN1.CN(C)C(=S)[C@@H]1C[C@@H](OCCCCOC2CCCCO2)CN1C(=O)OC(C)(C)C.Cl. The minimum atomic E-state index is -0.539.